The van der Waals surface area contributed by atoms with Crippen molar-refractivity contribution in [2.24, 2.45) is 5.10 Å². The number of phenols is 1. The standard InChI is InChI=1S/C14H9BrClN3O4/c15-11-6-9(19(22)23)5-8(13(11)20)7-17-18-14(21)10-3-1-2-4-12(10)16/h1-7,20H,(H,18,21)/b17-7+. The van der Waals surface area contributed by atoms with Gasteiger partial charge in [0.1, 0.15) is 5.75 Å². The molecule has 2 aromatic rings. The Labute approximate surface area is 143 Å². The van der Waals surface area contributed by atoms with E-state index >= 15 is 0 Å². The van der Waals surface area contributed by atoms with E-state index in [2.05, 4.69) is 26.5 Å². The number of non-ortho nitro benzene ring substituents is 1. The Morgan fingerprint density at radius 2 is 2.09 bits per heavy atom. The Morgan fingerprint density at radius 3 is 2.74 bits per heavy atom. The van der Waals surface area contributed by atoms with Crippen LogP contribution < -0.4 is 5.43 Å². The third kappa shape index (κ3) is 4.05. The zero-order valence-electron chi connectivity index (χ0n) is 11.4. The van der Waals surface area contributed by atoms with E-state index in [1.54, 1.807) is 18.2 Å². The predicted molar refractivity (Wildman–Crippen MR) is 89.0 cm³/mol. The van der Waals surface area contributed by atoms with E-state index < -0.39 is 10.8 Å². The summed E-state index contributed by atoms with van der Waals surface area (Å²) in [5.41, 5.74) is 2.31. The van der Waals surface area contributed by atoms with Crippen molar-refractivity contribution >= 4 is 45.3 Å². The molecule has 2 rings (SSSR count). The van der Waals surface area contributed by atoms with E-state index in [4.69, 9.17) is 11.6 Å². The average molecular weight is 399 g/mol. The fourth-order valence-electron chi connectivity index (χ4n) is 1.68. The third-order valence-corrected chi connectivity index (χ3v) is 3.71. The molecular weight excluding hydrogens is 390 g/mol. The Morgan fingerprint density at radius 1 is 1.39 bits per heavy atom. The molecule has 0 unspecified atom stereocenters. The first kappa shape index (κ1) is 16.9. The van der Waals surface area contributed by atoms with Crippen LogP contribution in [0.2, 0.25) is 5.02 Å². The molecule has 0 radical (unpaired) electrons. The topological polar surface area (TPSA) is 105 Å². The molecular formula is C14H9BrClN3O4. The van der Waals surface area contributed by atoms with Gasteiger partial charge in [-0.3, -0.25) is 14.9 Å². The van der Waals surface area contributed by atoms with Crippen LogP contribution in [0, 0.1) is 10.1 Å². The maximum atomic E-state index is 11.9. The second-order valence-corrected chi connectivity index (χ2v) is 5.56. The van der Waals surface area contributed by atoms with Gasteiger partial charge in [-0.25, -0.2) is 5.43 Å². The van der Waals surface area contributed by atoms with Crippen molar-refractivity contribution in [3.05, 3.63) is 67.1 Å². The summed E-state index contributed by atoms with van der Waals surface area (Å²) >= 11 is 8.89. The van der Waals surface area contributed by atoms with Crippen LogP contribution in [0.3, 0.4) is 0 Å². The highest BCUT2D eigenvalue weighted by atomic mass is 79.9. The molecule has 0 bridgehead atoms. The molecule has 0 saturated heterocycles. The number of nitro benzene ring substituents is 1. The van der Waals surface area contributed by atoms with Crippen LogP contribution in [0.15, 0.2) is 46.0 Å². The summed E-state index contributed by atoms with van der Waals surface area (Å²) in [4.78, 5) is 22.1. The lowest BCUT2D eigenvalue weighted by Crippen LogP contribution is -2.17. The molecule has 2 aromatic carbocycles. The molecule has 2 N–H and O–H groups in total. The minimum absolute atomic E-state index is 0.0746. The number of nitro groups is 1. The molecule has 9 heteroatoms. The van der Waals surface area contributed by atoms with Crippen LogP contribution in [0.25, 0.3) is 0 Å². The molecule has 1 amide bonds. The van der Waals surface area contributed by atoms with Crippen molar-refractivity contribution in [1.29, 1.82) is 0 Å². The van der Waals surface area contributed by atoms with Gasteiger partial charge in [-0.05, 0) is 28.1 Å². The van der Waals surface area contributed by atoms with Gasteiger partial charge >= 0.3 is 0 Å². The van der Waals surface area contributed by atoms with Gasteiger partial charge in [-0.1, -0.05) is 23.7 Å². The van der Waals surface area contributed by atoms with Crippen molar-refractivity contribution in [3.8, 4) is 5.75 Å². The molecule has 0 spiro atoms. The molecule has 7 nitrogen and oxygen atoms in total. The number of phenolic OH excluding ortho intramolecular Hbond substituents is 1. The number of carbonyl (C=O) groups excluding carboxylic acids is 1. The van der Waals surface area contributed by atoms with E-state index in [1.807, 2.05) is 0 Å². The molecule has 0 atom stereocenters. The predicted octanol–water partition coefficient (Wildman–Crippen LogP) is 3.48. The van der Waals surface area contributed by atoms with Gasteiger partial charge in [0.2, 0.25) is 0 Å². The van der Waals surface area contributed by atoms with Crippen molar-refractivity contribution < 1.29 is 14.8 Å². The maximum Gasteiger partial charge on any atom is 0.272 e. The minimum atomic E-state index is -0.607. The Kier molecular flexibility index (Phi) is 5.30. The van der Waals surface area contributed by atoms with Crippen LogP contribution in [-0.2, 0) is 0 Å². The van der Waals surface area contributed by atoms with Crippen molar-refractivity contribution in [3.63, 3.8) is 0 Å². The first-order valence-corrected chi connectivity index (χ1v) is 7.32. The van der Waals surface area contributed by atoms with Gasteiger partial charge in [0.05, 0.1) is 26.2 Å². The number of hydrogen-bond acceptors (Lipinski definition) is 5. The van der Waals surface area contributed by atoms with Gasteiger partial charge in [0.25, 0.3) is 11.6 Å². The van der Waals surface area contributed by atoms with Gasteiger partial charge < -0.3 is 5.11 Å². The zero-order chi connectivity index (χ0) is 17.0. The van der Waals surface area contributed by atoms with Gasteiger partial charge in [-0.2, -0.15) is 5.10 Å². The van der Waals surface area contributed by atoms with Crippen LogP contribution in [0.1, 0.15) is 15.9 Å². The Balaban J connectivity index is 2.19. The largest absolute Gasteiger partial charge is 0.506 e. The number of nitrogens with zero attached hydrogens (tertiary/aromatic N) is 2. The summed E-state index contributed by atoms with van der Waals surface area (Å²) in [6.07, 6.45) is 1.10. The molecule has 0 aliphatic rings. The summed E-state index contributed by atoms with van der Waals surface area (Å²) in [6, 6.07) is 8.70. The lowest BCUT2D eigenvalue weighted by Gasteiger charge is -2.03. The highest BCUT2D eigenvalue weighted by molar-refractivity contribution is 9.10. The number of hydrazone groups is 1. The van der Waals surface area contributed by atoms with Crippen LogP contribution in [0.4, 0.5) is 5.69 Å². The van der Waals surface area contributed by atoms with Crippen LogP contribution in [-0.4, -0.2) is 22.2 Å². The van der Waals surface area contributed by atoms with Crippen LogP contribution >= 0.6 is 27.5 Å². The smallest absolute Gasteiger partial charge is 0.272 e. The minimum Gasteiger partial charge on any atom is -0.506 e. The van der Waals surface area contributed by atoms with Crippen molar-refractivity contribution in [1.82, 2.24) is 5.43 Å². The number of rotatable bonds is 4. The summed E-state index contributed by atoms with van der Waals surface area (Å²) in [5, 5.41) is 24.6. The first-order valence-electron chi connectivity index (χ1n) is 6.15. The van der Waals surface area contributed by atoms with Gasteiger partial charge in [0, 0.05) is 17.7 Å². The van der Waals surface area contributed by atoms with E-state index in [0.29, 0.717) is 0 Å². The Hall–Kier alpha value is -2.45. The maximum absolute atomic E-state index is 11.9. The lowest BCUT2D eigenvalue weighted by molar-refractivity contribution is -0.385. The molecule has 23 heavy (non-hydrogen) atoms. The average Bonchev–Trinajstić information content (AvgIpc) is 2.51. The monoisotopic (exact) mass is 397 g/mol. The highest BCUT2D eigenvalue weighted by Gasteiger charge is 2.14. The van der Waals surface area contributed by atoms with E-state index in [0.717, 1.165) is 18.3 Å². The summed E-state index contributed by atoms with van der Waals surface area (Å²) in [5.74, 6) is -0.776. The molecule has 0 fully saturated rings. The van der Waals surface area contributed by atoms with E-state index in [9.17, 15) is 20.0 Å². The van der Waals surface area contributed by atoms with E-state index in [1.165, 1.54) is 6.07 Å². The van der Waals surface area contributed by atoms with Gasteiger partial charge in [0.15, 0.2) is 0 Å². The third-order valence-electron chi connectivity index (χ3n) is 2.78. The summed E-state index contributed by atoms with van der Waals surface area (Å²) in [7, 11) is 0. The van der Waals surface area contributed by atoms with Gasteiger partial charge in [-0.15, -0.1) is 0 Å². The molecule has 0 aliphatic heterocycles. The van der Waals surface area contributed by atoms with Crippen molar-refractivity contribution in [2.45, 2.75) is 0 Å². The number of aromatic hydroxyl groups is 1. The fourth-order valence-corrected chi connectivity index (χ4v) is 2.36. The zero-order valence-corrected chi connectivity index (χ0v) is 13.7. The molecule has 0 aliphatic carbocycles. The number of halogens is 2. The number of hydrogen-bond donors (Lipinski definition) is 2. The number of amides is 1. The van der Waals surface area contributed by atoms with Crippen LogP contribution in [0.5, 0.6) is 5.75 Å². The SMILES string of the molecule is O=C(N/N=C/c1cc([N+](=O)[O-])cc(Br)c1O)c1ccccc1Cl. The molecule has 0 heterocycles. The number of carbonyl (C=O) groups is 1. The molecule has 118 valence electrons. The Bertz CT molecular complexity index is 811. The second-order valence-electron chi connectivity index (χ2n) is 4.30. The fraction of sp³-hybridized carbons (Fsp3) is 0. The molecule has 0 aromatic heterocycles. The quantitative estimate of drug-likeness (QED) is 0.467. The number of nitrogens with one attached hydrogen (secondary N) is 1. The lowest BCUT2D eigenvalue weighted by atomic mass is 10.2. The van der Waals surface area contributed by atoms with Crippen molar-refractivity contribution in [2.75, 3.05) is 0 Å². The van der Waals surface area contributed by atoms with E-state index in [-0.39, 0.29) is 32.1 Å². The molecule has 0 saturated carbocycles. The summed E-state index contributed by atoms with van der Waals surface area (Å²) in [6.45, 7) is 0. The highest BCUT2D eigenvalue weighted by Crippen LogP contribution is 2.31. The second kappa shape index (κ2) is 7.21. The first-order chi connectivity index (χ1) is 10.9. The number of benzene rings is 2. The summed E-state index contributed by atoms with van der Waals surface area (Å²) < 4.78 is 0.144. The normalized spacial score (nSPS) is 10.7.